The Balaban J connectivity index is 1.77. The first-order valence-corrected chi connectivity index (χ1v) is 11.3. The van der Waals surface area contributed by atoms with Crippen LogP contribution in [0.25, 0.3) is 11.1 Å². The lowest BCUT2D eigenvalue weighted by Crippen LogP contribution is -2.15. The van der Waals surface area contributed by atoms with Gasteiger partial charge in [0.15, 0.2) is 9.84 Å². The maximum atomic E-state index is 14.6. The smallest absolute Gasteiger partial charge is 0.326 e. The highest BCUT2D eigenvalue weighted by molar-refractivity contribution is 7.91. The molecule has 0 fully saturated rings. The van der Waals surface area contributed by atoms with Crippen LogP contribution in [0.5, 0.6) is 0 Å². The summed E-state index contributed by atoms with van der Waals surface area (Å²) in [7, 11) is -3.37. The molecule has 1 N–H and O–H groups in total. The van der Waals surface area contributed by atoms with Crippen LogP contribution in [0.4, 0.5) is 27.6 Å². The Bertz CT molecular complexity index is 1290. The highest BCUT2D eigenvalue weighted by Crippen LogP contribution is 2.38. The normalized spacial score (nSPS) is 11.9. The van der Waals surface area contributed by atoms with E-state index in [9.17, 15) is 35.2 Å². The molecule has 1 amide bonds. The number of hydrogen-bond acceptors (Lipinski definition) is 3. The summed E-state index contributed by atoms with van der Waals surface area (Å²) in [6.45, 7) is 1.51. The summed E-state index contributed by atoms with van der Waals surface area (Å²) >= 11 is 0. The monoisotopic (exact) mass is 483 g/mol. The summed E-state index contributed by atoms with van der Waals surface area (Å²) in [4.78, 5) is 12.4. The molecular weight excluding hydrogens is 465 g/mol. The molecule has 0 aliphatic carbocycles. The zero-order valence-corrected chi connectivity index (χ0v) is 18.0. The molecule has 0 bridgehead atoms. The molecule has 0 aliphatic rings. The van der Waals surface area contributed by atoms with Gasteiger partial charge in [0.2, 0.25) is 5.91 Å². The predicted molar refractivity (Wildman–Crippen MR) is 113 cm³/mol. The number of amides is 1. The Morgan fingerprint density at radius 1 is 0.909 bits per heavy atom. The molecule has 10 heteroatoms. The molecule has 0 atom stereocenters. The number of alkyl halides is 3. The average molecular weight is 483 g/mol. The molecule has 3 rings (SSSR count). The third kappa shape index (κ3) is 5.75. The van der Waals surface area contributed by atoms with Gasteiger partial charge in [-0.3, -0.25) is 4.79 Å². The maximum absolute atomic E-state index is 14.6. The Morgan fingerprint density at radius 3 is 2.12 bits per heavy atom. The third-order valence-electron chi connectivity index (χ3n) is 4.86. The average Bonchev–Trinajstić information content (AvgIpc) is 2.74. The van der Waals surface area contributed by atoms with E-state index in [1.165, 1.54) is 37.3 Å². The van der Waals surface area contributed by atoms with E-state index in [1.807, 2.05) is 0 Å². The molecule has 0 aromatic heterocycles. The fourth-order valence-corrected chi connectivity index (χ4v) is 4.05. The fourth-order valence-electron chi connectivity index (χ4n) is 3.17. The van der Waals surface area contributed by atoms with Crippen LogP contribution in [0.1, 0.15) is 18.1 Å². The first-order valence-electron chi connectivity index (χ1n) is 9.69. The van der Waals surface area contributed by atoms with Crippen molar-refractivity contribution in [2.24, 2.45) is 0 Å². The van der Waals surface area contributed by atoms with Crippen molar-refractivity contribution in [2.75, 3.05) is 11.1 Å². The number of rotatable bonds is 6. The highest BCUT2D eigenvalue weighted by Gasteiger charge is 2.34. The summed E-state index contributed by atoms with van der Waals surface area (Å²) in [5, 5.41) is 2.44. The van der Waals surface area contributed by atoms with Gasteiger partial charge in [-0.2, -0.15) is 13.2 Å². The molecule has 174 valence electrons. The van der Waals surface area contributed by atoms with E-state index in [2.05, 4.69) is 5.32 Å². The van der Waals surface area contributed by atoms with E-state index in [1.54, 1.807) is 0 Å². The van der Waals surface area contributed by atoms with E-state index >= 15 is 0 Å². The van der Waals surface area contributed by atoms with Gasteiger partial charge >= 0.3 is 6.18 Å². The van der Waals surface area contributed by atoms with E-state index in [0.29, 0.717) is 11.6 Å². The van der Waals surface area contributed by atoms with Crippen molar-refractivity contribution in [2.45, 2.75) is 24.4 Å². The van der Waals surface area contributed by atoms with Crippen molar-refractivity contribution in [3.8, 4) is 11.1 Å². The van der Waals surface area contributed by atoms with Gasteiger partial charge in [-0.15, -0.1) is 0 Å². The predicted octanol–water partition coefficient (Wildman–Crippen LogP) is 5.63. The summed E-state index contributed by atoms with van der Waals surface area (Å²) in [5.74, 6) is -2.72. The van der Waals surface area contributed by atoms with E-state index < -0.39 is 50.2 Å². The van der Waals surface area contributed by atoms with Crippen molar-refractivity contribution in [3.63, 3.8) is 0 Å². The van der Waals surface area contributed by atoms with E-state index in [-0.39, 0.29) is 22.8 Å². The molecule has 3 aromatic carbocycles. The van der Waals surface area contributed by atoms with Crippen molar-refractivity contribution < 1.29 is 35.2 Å². The van der Waals surface area contributed by atoms with Crippen LogP contribution in [-0.4, -0.2) is 20.1 Å². The molecule has 0 spiro atoms. The molecule has 0 saturated carbocycles. The molecule has 0 radical (unpaired) electrons. The van der Waals surface area contributed by atoms with E-state index in [0.717, 1.165) is 24.3 Å². The van der Waals surface area contributed by atoms with Gasteiger partial charge < -0.3 is 5.32 Å². The third-order valence-corrected chi connectivity index (χ3v) is 6.61. The molecule has 0 unspecified atom stereocenters. The molecular formula is C23H18F5NO3S. The Morgan fingerprint density at radius 2 is 1.55 bits per heavy atom. The molecule has 0 heterocycles. The SMILES string of the molecule is CCS(=O)(=O)c1ccc(CC(=O)Nc2ccc(-c3ccc(F)cc3C(F)(F)F)c(F)c2)cc1. The number of hydrogen-bond donors (Lipinski definition) is 1. The van der Waals surface area contributed by atoms with Crippen molar-refractivity contribution in [1.82, 2.24) is 0 Å². The number of carbonyl (C=O) groups excluding carboxylic acids is 1. The lowest BCUT2D eigenvalue weighted by atomic mass is 9.98. The number of sulfone groups is 1. The van der Waals surface area contributed by atoms with Gasteiger partial charge in [-0.25, -0.2) is 17.2 Å². The second kappa shape index (κ2) is 9.30. The first kappa shape index (κ1) is 24.4. The Hall–Kier alpha value is -3.27. The first-order chi connectivity index (χ1) is 15.4. The van der Waals surface area contributed by atoms with Gasteiger partial charge in [0.1, 0.15) is 11.6 Å². The lowest BCUT2D eigenvalue weighted by molar-refractivity contribution is -0.137. The minimum atomic E-state index is -4.89. The van der Waals surface area contributed by atoms with Crippen LogP contribution in [0.15, 0.2) is 65.6 Å². The fraction of sp³-hybridized carbons (Fsp3) is 0.174. The summed E-state index contributed by atoms with van der Waals surface area (Å²) in [6.07, 6.45) is -5.02. The molecule has 0 aliphatic heterocycles. The topological polar surface area (TPSA) is 63.2 Å². The lowest BCUT2D eigenvalue weighted by Gasteiger charge is -2.14. The van der Waals surface area contributed by atoms with Crippen LogP contribution in [0.2, 0.25) is 0 Å². The van der Waals surface area contributed by atoms with Crippen LogP contribution in [-0.2, 0) is 27.2 Å². The Kier molecular flexibility index (Phi) is 6.87. The van der Waals surface area contributed by atoms with Crippen LogP contribution < -0.4 is 5.32 Å². The van der Waals surface area contributed by atoms with Crippen LogP contribution in [0.3, 0.4) is 0 Å². The number of benzene rings is 3. The second-order valence-corrected chi connectivity index (χ2v) is 9.43. The summed E-state index contributed by atoms with van der Waals surface area (Å²) in [5.41, 5.74) is -1.70. The quantitative estimate of drug-likeness (QED) is 0.463. The van der Waals surface area contributed by atoms with Crippen LogP contribution >= 0.6 is 0 Å². The van der Waals surface area contributed by atoms with Gasteiger partial charge in [0.25, 0.3) is 0 Å². The van der Waals surface area contributed by atoms with Gasteiger partial charge in [-0.05, 0) is 53.6 Å². The second-order valence-electron chi connectivity index (χ2n) is 7.15. The van der Waals surface area contributed by atoms with Crippen molar-refractivity contribution >= 4 is 21.4 Å². The Labute approximate surface area is 187 Å². The summed E-state index contributed by atoms with van der Waals surface area (Å²) in [6, 6.07) is 10.9. The van der Waals surface area contributed by atoms with Crippen LogP contribution in [0, 0.1) is 11.6 Å². The van der Waals surface area contributed by atoms with Crippen molar-refractivity contribution in [3.05, 3.63) is 83.4 Å². The number of anilines is 1. The molecule has 0 saturated heterocycles. The van der Waals surface area contributed by atoms with Gasteiger partial charge in [-0.1, -0.05) is 25.1 Å². The highest BCUT2D eigenvalue weighted by atomic mass is 32.2. The van der Waals surface area contributed by atoms with Crippen molar-refractivity contribution in [1.29, 1.82) is 0 Å². The van der Waals surface area contributed by atoms with E-state index in [4.69, 9.17) is 0 Å². The number of carbonyl (C=O) groups is 1. The summed E-state index contributed by atoms with van der Waals surface area (Å²) < 4.78 is 91.3. The number of nitrogens with one attached hydrogen (secondary N) is 1. The van der Waals surface area contributed by atoms with Gasteiger partial charge in [0, 0.05) is 11.3 Å². The molecule has 4 nitrogen and oxygen atoms in total. The maximum Gasteiger partial charge on any atom is 0.417 e. The standard InChI is InChI=1S/C23H18F5NO3S/c1-2-33(31,32)17-7-3-14(4-8-17)11-22(30)29-16-6-10-19(21(25)13-16)18-9-5-15(24)12-20(18)23(26,27)28/h3-10,12-13H,2,11H2,1H3,(H,29,30). The van der Waals surface area contributed by atoms with Gasteiger partial charge in [0.05, 0.1) is 22.6 Å². The largest absolute Gasteiger partial charge is 0.417 e. The number of halogens is 5. The zero-order chi connectivity index (χ0) is 24.4. The molecule has 3 aromatic rings. The molecule has 33 heavy (non-hydrogen) atoms. The zero-order valence-electron chi connectivity index (χ0n) is 17.2. The minimum Gasteiger partial charge on any atom is -0.326 e. The minimum absolute atomic E-state index is 0.0158.